The number of anilines is 1. The van der Waals surface area contributed by atoms with Crippen molar-refractivity contribution < 1.29 is 14.5 Å². The van der Waals surface area contributed by atoms with Crippen molar-refractivity contribution in [1.29, 1.82) is 0 Å². The molecule has 2 saturated carbocycles. The molecule has 0 spiro atoms. The molecule has 1 aliphatic heterocycles. The van der Waals surface area contributed by atoms with Crippen LogP contribution in [-0.4, -0.2) is 16.7 Å². The minimum Gasteiger partial charge on any atom is -0.274 e. The van der Waals surface area contributed by atoms with E-state index in [1.54, 1.807) is 30.3 Å². The highest BCUT2D eigenvalue weighted by atomic mass is 16.6. The maximum absolute atomic E-state index is 13.6. The highest BCUT2D eigenvalue weighted by molar-refractivity contribution is 6.25. The fraction of sp³-hybridized carbons (Fsp3) is 0.280. The first-order valence-corrected chi connectivity index (χ1v) is 10.6. The zero-order valence-corrected chi connectivity index (χ0v) is 16.7. The van der Waals surface area contributed by atoms with Crippen molar-refractivity contribution in [3.8, 4) is 0 Å². The Labute approximate surface area is 178 Å². The van der Waals surface area contributed by atoms with E-state index in [9.17, 15) is 19.7 Å². The zero-order valence-electron chi connectivity index (χ0n) is 16.7. The molecule has 2 amide bonds. The molecule has 0 N–H and O–H groups in total. The summed E-state index contributed by atoms with van der Waals surface area (Å²) in [6.07, 6.45) is 1.85. The molecule has 1 heterocycles. The van der Waals surface area contributed by atoms with Crippen LogP contribution in [0.25, 0.3) is 10.8 Å². The summed E-state index contributed by atoms with van der Waals surface area (Å²) in [4.78, 5) is 39.4. The zero-order chi connectivity index (χ0) is 21.3. The van der Waals surface area contributed by atoms with Gasteiger partial charge in [0.1, 0.15) is 0 Å². The Kier molecular flexibility index (Phi) is 3.81. The summed E-state index contributed by atoms with van der Waals surface area (Å²) in [6.45, 7) is 0. The van der Waals surface area contributed by atoms with E-state index in [0.717, 1.165) is 12.8 Å². The quantitative estimate of drug-likeness (QED) is 0.355. The molecule has 5 atom stereocenters. The van der Waals surface area contributed by atoms with Crippen LogP contribution in [0.2, 0.25) is 0 Å². The maximum Gasteiger partial charge on any atom is 0.277 e. The second-order valence-corrected chi connectivity index (χ2v) is 8.88. The van der Waals surface area contributed by atoms with Gasteiger partial charge in [-0.2, -0.15) is 0 Å². The molecule has 154 valence electrons. The molecule has 6 heteroatoms. The molecule has 0 unspecified atom stereocenters. The molecular weight excluding hydrogens is 392 g/mol. The first kappa shape index (κ1) is 18.2. The van der Waals surface area contributed by atoms with E-state index < -0.39 is 4.92 Å². The molecule has 1 saturated heterocycles. The van der Waals surface area contributed by atoms with E-state index in [1.807, 2.05) is 18.2 Å². The average molecular weight is 412 g/mol. The predicted octanol–water partition coefficient (Wildman–Crippen LogP) is 4.68. The largest absolute Gasteiger partial charge is 0.277 e. The monoisotopic (exact) mass is 412 g/mol. The minimum absolute atomic E-state index is 0.0251. The molecule has 6 rings (SSSR count). The number of fused-ring (bicyclic) bond motifs is 6. The highest BCUT2D eigenvalue weighted by Gasteiger charge is 2.64. The number of imide groups is 1. The molecule has 3 aromatic rings. The van der Waals surface area contributed by atoms with E-state index in [4.69, 9.17) is 0 Å². The fourth-order valence-electron chi connectivity index (χ4n) is 6.40. The predicted molar refractivity (Wildman–Crippen MR) is 115 cm³/mol. The molecule has 2 bridgehead atoms. The Hall–Kier alpha value is -3.54. The van der Waals surface area contributed by atoms with Crippen LogP contribution in [0.5, 0.6) is 0 Å². The molecule has 0 radical (unpaired) electrons. The number of nitrogens with zero attached hydrogens (tertiary/aromatic N) is 2. The molecular formula is C25H20N2O4. The van der Waals surface area contributed by atoms with E-state index >= 15 is 0 Å². The SMILES string of the molecule is O=C1[C@@H]2[C@H]3C[C@H](C[C@@H]3c3ccccc3)[C@@H]2C(=O)N1c1ccc([N+](=O)[O-])c2ccccc12. The summed E-state index contributed by atoms with van der Waals surface area (Å²) >= 11 is 0. The number of amides is 2. The molecule has 31 heavy (non-hydrogen) atoms. The van der Waals surface area contributed by atoms with E-state index in [2.05, 4.69) is 12.1 Å². The van der Waals surface area contributed by atoms with Crippen LogP contribution >= 0.6 is 0 Å². The first-order valence-electron chi connectivity index (χ1n) is 10.6. The van der Waals surface area contributed by atoms with Crippen LogP contribution in [-0.2, 0) is 9.59 Å². The number of hydrogen-bond donors (Lipinski definition) is 0. The Morgan fingerprint density at radius 3 is 2.23 bits per heavy atom. The number of nitro groups is 1. The van der Waals surface area contributed by atoms with Gasteiger partial charge in [0.05, 0.1) is 27.8 Å². The number of nitro benzene ring substituents is 1. The van der Waals surface area contributed by atoms with Crippen LogP contribution in [0.15, 0.2) is 66.7 Å². The van der Waals surface area contributed by atoms with Gasteiger partial charge in [-0.1, -0.05) is 48.5 Å². The van der Waals surface area contributed by atoms with E-state index in [-0.39, 0.29) is 41.2 Å². The number of non-ortho nitro benzene ring substituents is 1. The standard InChI is InChI=1S/C25H20N2O4/c28-24-22-15-12-18(14-6-2-1-3-7-14)19(13-15)23(22)25(29)26(24)20-10-11-21(27(30)31)17-9-5-4-8-16(17)20/h1-11,15,18-19,22-23H,12-13H2/t15-,18+,19-,22-,23+/m0/s1. The van der Waals surface area contributed by atoms with Gasteiger partial charge < -0.3 is 0 Å². The third-order valence-corrected chi connectivity index (χ3v) is 7.56. The van der Waals surface area contributed by atoms with Crippen molar-refractivity contribution in [3.05, 3.63) is 82.4 Å². The summed E-state index contributed by atoms with van der Waals surface area (Å²) in [5.74, 6) is -0.182. The van der Waals surface area contributed by atoms with Gasteiger partial charge in [0, 0.05) is 11.5 Å². The molecule has 2 aliphatic carbocycles. The topological polar surface area (TPSA) is 80.5 Å². The lowest BCUT2D eigenvalue weighted by Crippen LogP contribution is -2.33. The van der Waals surface area contributed by atoms with Crippen LogP contribution in [0.4, 0.5) is 11.4 Å². The summed E-state index contributed by atoms with van der Waals surface area (Å²) in [7, 11) is 0. The van der Waals surface area contributed by atoms with Gasteiger partial charge in [-0.05, 0) is 48.3 Å². The maximum atomic E-state index is 13.6. The number of rotatable bonds is 3. The van der Waals surface area contributed by atoms with Gasteiger partial charge in [-0.25, -0.2) is 4.90 Å². The van der Waals surface area contributed by atoms with Crippen molar-refractivity contribution in [3.63, 3.8) is 0 Å². The summed E-state index contributed by atoms with van der Waals surface area (Å²) in [6, 6.07) is 20.1. The number of hydrogen-bond acceptors (Lipinski definition) is 4. The second-order valence-electron chi connectivity index (χ2n) is 8.88. The third kappa shape index (κ3) is 2.45. The van der Waals surface area contributed by atoms with Gasteiger partial charge in [-0.15, -0.1) is 0 Å². The minimum atomic E-state index is -0.431. The number of carbonyl (C=O) groups excluding carboxylic acids is 2. The molecule has 3 aliphatic rings. The number of carbonyl (C=O) groups is 2. The van der Waals surface area contributed by atoms with Gasteiger partial charge in [0.2, 0.25) is 11.8 Å². The summed E-state index contributed by atoms with van der Waals surface area (Å²) in [5.41, 5.74) is 1.68. The Morgan fingerprint density at radius 2 is 1.48 bits per heavy atom. The van der Waals surface area contributed by atoms with E-state index in [1.165, 1.54) is 16.5 Å². The molecule has 6 nitrogen and oxygen atoms in total. The number of benzene rings is 3. The van der Waals surface area contributed by atoms with Crippen LogP contribution < -0.4 is 4.90 Å². The lowest BCUT2D eigenvalue weighted by molar-refractivity contribution is -0.383. The van der Waals surface area contributed by atoms with Crippen molar-refractivity contribution in [1.82, 2.24) is 0 Å². The summed E-state index contributed by atoms with van der Waals surface area (Å²) in [5, 5.41) is 12.5. The fourth-order valence-corrected chi connectivity index (χ4v) is 6.40. The van der Waals surface area contributed by atoms with Crippen molar-refractivity contribution in [2.45, 2.75) is 18.8 Å². The Balaban J connectivity index is 1.42. The van der Waals surface area contributed by atoms with Gasteiger partial charge >= 0.3 is 0 Å². The Morgan fingerprint density at radius 1 is 0.806 bits per heavy atom. The smallest absolute Gasteiger partial charge is 0.274 e. The summed E-state index contributed by atoms with van der Waals surface area (Å²) < 4.78 is 0. The van der Waals surface area contributed by atoms with Crippen LogP contribution in [0.3, 0.4) is 0 Å². The lowest BCUT2D eigenvalue weighted by Gasteiger charge is -2.28. The lowest BCUT2D eigenvalue weighted by atomic mass is 9.73. The molecule has 3 aromatic carbocycles. The van der Waals surface area contributed by atoms with Crippen LogP contribution in [0, 0.1) is 33.8 Å². The van der Waals surface area contributed by atoms with Crippen molar-refractivity contribution >= 4 is 34.0 Å². The van der Waals surface area contributed by atoms with Crippen molar-refractivity contribution in [2.75, 3.05) is 4.90 Å². The molecule has 0 aromatic heterocycles. The van der Waals surface area contributed by atoms with Gasteiger partial charge in [0.25, 0.3) is 5.69 Å². The van der Waals surface area contributed by atoms with Gasteiger partial charge in [0.15, 0.2) is 0 Å². The third-order valence-electron chi connectivity index (χ3n) is 7.56. The van der Waals surface area contributed by atoms with Crippen LogP contribution in [0.1, 0.15) is 24.3 Å². The highest BCUT2D eigenvalue weighted by Crippen LogP contribution is 2.62. The van der Waals surface area contributed by atoms with Gasteiger partial charge in [-0.3, -0.25) is 19.7 Å². The van der Waals surface area contributed by atoms with E-state index in [0.29, 0.717) is 22.4 Å². The second kappa shape index (κ2) is 6.48. The molecule has 3 fully saturated rings. The Bertz CT molecular complexity index is 1250. The van der Waals surface area contributed by atoms with Crippen molar-refractivity contribution in [2.24, 2.45) is 23.7 Å². The first-order chi connectivity index (χ1) is 15.1. The average Bonchev–Trinajstić information content (AvgIpc) is 3.45. The normalized spacial score (nSPS) is 29.0.